The Labute approximate surface area is 174 Å². The Morgan fingerprint density at radius 3 is 2.48 bits per heavy atom. The van der Waals surface area contributed by atoms with Crippen LogP contribution in [0.2, 0.25) is 0 Å². The number of amides is 2. The molecule has 0 aliphatic carbocycles. The highest BCUT2D eigenvalue weighted by Gasteiger charge is 2.31. The standard InChI is InChI=1S/C19H23N3O5S2/c1-3-27-19(24)20-16-6-4-5-15(13-16)18(23)21-9-11-22(12-10-21)29(25,26)17-8-7-14(2)28-17/h4-8,13H,3,9-12H2,1-2H3,(H,20,24). The first-order valence-corrected chi connectivity index (χ1v) is 11.5. The number of piperazine rings is 1. The summed E-state index contributed by atoms with van der Waals surface area (Å²) in [6.07, 6.45) is -0.584. The molecule has 0 spiro atoms. The number of rotatable bonds is 5. The predicted octanol–water partition coefficient (Wildman–Crippen LogP) is 2.77. The Hall–Kier alpha value is -2.43. The van der Waals surface area contributed by atoms with E-state index in [2.05, 4.69) is 5.32 Å². The quantitative estimate of drug-likeness (QED) is 0.776. The molecule has 3 rings (SSSR count). The van der Waals surface area contributed by atoms with Crippen molar-refractivity contribution >= 4 is 39.0 Å². The van der Waals surface area contributed by atoms with E-state index >= 15 is 0 Å². The Kier molecular flexibility index (Phi) is 6.56. The molecule has 1 fully saturated rings. The maximum Gasteiger partial charge on any atom is 0.411 e. The van der Waals surface area contributed by atoms with E-state index in [-0.39, 0.29) is 25.6 Å². The zero-order valence-electron chi connectivity index (χ0n) is 16.3. The summed E-state index contributed by atoms with van der Waals surface area (Å²) >= 11 is 1.25. The Morgan fingerprint density at radius 1 is 1.14 bits per heavy atom. The molecule has 2 aromatic rings. The van der Waals surface area contributed by atoms with Crippen molar-refractivity contribution in [3.8, 4) is 0 Å². The summed E-state index contributed by atoms with van der Waals surface area (Å²) in [6.45, 7) is 4.92. The lowest BCUT2D eigenvalue weighted by Gasteiger charge is -2.33. The predicted molar refractivity (Wildman–Crippen MR) is 111 cm³/mol. The van der Waals surface area contributed by atoms with Gasteiger partial charge in [-0.1, -0.05) is 6.07 Å². The number of hydrogen-bond acceptors (Lipinski definition) is 6. The van der Waals surface area contributed by atoms with Crippen LogP contribution in [0.4, 0.5) is 10.5 Å². The van der Waals surface area contributed by atoms with Crippen LogP contribution < -0.4 is 5.32 Å². The molecular weight excluding hydrogens is 414 g/mol. The fourth-order valence-corrected chi connectivity index (χ4v) is 5.87. The maximum absolute atomic E-state index is 12.8. The molecule has 0 bridgehead atoms. The van der Waals surface area contributed by atoms with E-state index in [4.69, 9.17) is 4.74 Å². The molecule has 1 saturated heterocycles. The van der Waals surface area contributed by atoms with Gasteiger partial charge in [0, 0.05) is 42.3 Å². The first kappa shape index (κ1) is 21.3. The summed E-state index contributed by atoms with van der Waals surface area (Å²) in [4.78, 5) is 26.9. The Morgan fingerprint density at radius 2 is 1.86 bits per heavy atom. The lowest BCUT2D eigenvalue weighted by molar-refractivity contribution is 0.0698. The third kappa shape index (κ3) is 4.95. The second kappa shape index (κ2) is 8.93. The van der Waals surface area contributed by atoms with Crippen molar-refractivity contribution in [1.29, 1.82) is 0 Å². The van der Waals surface area contributed by atoms with E-state index in [1.807, 2.05) is 6.92 Å². The molecule has 0 radical (unpaired) electrons. The number of anilines is 1. The molecule has 0 atom stereocenters. The van der Waals surface area contributed by atoms with E-state index in [0.29, 0.717) is 28.5 Å². The molecule has 0 saturated carbocycles. The molecular formula is C19H23N3O5S2. The van der Waals surface area contributed by atoms with Gasteiger partial charge >= 0.3 is 6.09 Å². The SMILES string of the molecule is CCOC(=O)Nc1cccc(C(=O)N2CCN(S(=O)(=O)c3ccc(C)s3)CC2)c1. The summed E-state index contributed by atoms with van der Waals surface area (Å²) in [5.74, 6) is -0.207. The van der Waals surface area contributed by atoms with Gasteiger partial charge in [-0.15, -0.1) is 11.3 Å². The van der Waals surface area contributed by atoms with Gasteiger partial charge in [0.05, 0.1) is 6.61 Å². The van der Waals surface area contributed by atoms with Crippen LogP contribution in [-0.4, -0.2) is 62.4 Å². The Bertz CT molecular complexity index is 995. The third-order valence-electron chi connectivity index (χ3n) is 4.47. The molecule has 1 aromatic carbocycles. The molecule has 0 unspecified atom stereocenters. The summed E-state index contributed by atoms with van der Waals surface area (Å²) in [5.41, 5.74) is 0.882. The summed E-state index contributed by atoms with van der Waals surface area (Å²) in [7, 11) is -3.53. The second-order valence-electron chi connectivity index (χ2n) is 6.49. The van der Waals surface area contributed by atoms with Crippen molar-refractivity contribution in [2.45, 2.75) is 18.1 Å². The number of carbonyl (C=O) groups excluding carboxylic acids is 2. The Balaban J connectivity index is 1.64. The third-order valence-corrected chi connectivity index (χ3v) is 7.83. The van der Waals surface area contributed by atoms with Crippen molar-refractivity contribution in [2.75, 3.05) is 38.1 Å². The summed E-state index contributed by atoms with van der Waals surface area (Å²) < 4.78 is 32.0. The van der Waals surface area contributed by atoms with E-state index < -0.39 is 16.1 Å². The van der Waals surface area contributed by atoms with E-state index in [1.165, 1.54) is 15.6 Å². The molecule has 10 heteroatoms. The van der Waals surface area contributed by atoms with Gasteiger partial charge in [0.2, 0.25) is 0 Å². The van der Waals surface area contributed by atoms with Gasteiger partial charge < -0.3 is 9.64 Å². The van der Waals surface area contributed by atoms with Gasteiger partial charge in [-0.25, -0.2) is 13.2 Å². The number of carbonyl (C=O) groups is 2. The van der Waals surface area contributed by atoms with Crippen molar-refractivity contribution in [1.82, 2.24) is 9.21 Å². The van der Waals surface area contributed by atoms with Crippen LogP contribution in [0.15, 0.2) is 40.6 Å². The number of ether oxygens (including phenoxy) is 1. The molecule has 8 nitrogen and oxygen atoms in total. The highest BCUT2D eigenvalue weighted by Crippen LogP contribution is 2.25. The molecule has 2 heterocycles. The van der Waals surface area contributed by atoms with Gasteiger partial charge in [0.15, 0.2) is 0 Å². The number of benzene rings is 1. The van der Waals surface area contributed by atoms with Gasteiger partial charge in [-0.3, -0.25) is 10.1 Å². The lowest BCUT2D eigenvalue weighted by atomic mass is 10.1. The summed E-state index contributed by atoms with van der Waals surface area (Å²) in [6, 6.07) is 9.99. The number of thiophene rings is 1. The molecule has 1 aliphatic rings. The normalized spacial score (nSPS) is 15.2. The van der Waals surface area contributed by atoms with Gasteiger partial charge in [-0.05, 0) is 44.2 Å². The topological polar surface area (TPSA) is 96.0 Å². The molecule has 1 aliphatic heterocycles. The fourth-order valence-electron chi connectivity index (χ4n) is 3.01. The summed E-state index contributed by atoms with van der Waals surface area (Å²) in [5, 5.41) is 2.57. The van der Waals surface area contributed by atoms with Crippen LogP contribution in [0, 0.1) is 6.92 Å². The second-order valence-corrected chi connectivity index (χ2v) is 9.94. The van der Waals surface area contributed by atoms with E-state index in [0.717, 1.165) is 4.88 Å². The number of nitrogens with zero attached hydrogens (tertiary/aromatic N) is 2. The van der Waals surface area contributed by atoms with Crippen molar-refractivity contribution in [3.63, 3.8) is 0 Å². The number of nitrogens with one attached hydrogen (secondary N) is 1. The van der Waals surface area contributed by atoms with Crippen molar-refractivity contribution < 1.29 is 22.7 Å². The molecule has 1 N–H and O–H groups in total. The number of sulfonamides is 1. The minimum absolute atomic E-state index is 0.207. The van der Waals surface area contributed by atoms with Crippen LogP contribution in [-0.2, 0) is 14.8 Å². The minimum Gasteiger partial charge on any atom is -0.450 e. The van der Waals surface area contributed by atoms with E-state index in [9.17, 15) is 18.0 Å². The molecule has 156 valence electrons. The first-order valence-electron chi connectivity index (χ1n) is 9.21. The van der Waals surface area contributed by atoms with Gasteiger partial charge in [0.1, 0.15) is 4.21 Å². The average molecular weight is 438 g/mol. The maximum atomic E-state index is 12.8. The molecule has 29 heavy (non-hydrogen) atoms. The minimum atomic E-state index is -3.53. The average Bonchev–Trinajstić information content (AvgIpc) is 3.15. The molecule has 1 aromatic heterocycles. The number of aryl methyl sites for hydroxylation is 1. The van der Waals surface area contributed by atoms with Gasteiger partial charge in [-0.2, -0.15) is 4.31 Å². The highest BCUT2D eigenvalue weighted by molar-refractivity contribution is 7.91. The lowest BCUT2D eigenvalue weighted by Crippen LogP contribution is -2.50. The van der Waals surface area contributed by atoms with Crippen LogP contribution in [0.5, 0.6) is 0 Å². The van der Waals surface area contributed by atoms with Crippen LogP contribution in [0.3, 0.4) is 0 Å². The smallest absolute Gasteiger partial charge is 0.411 e. The van der Waals surface area contributed by atoms with Crippen LogP contribution in [0.1, 0.15) is 22.2 Å². The monoisotopic (exact) mass is 437 g/mol. The van der Waals surface area contributed by atoms with Crippen molar-refractivity contribution in [2.24, 2.45) is 0 Å². The highest BCUT2D eigenvalue weighted by atomic mass is 32.2. The van der Waals surface area contributed by atoms with Crippen LogP contribution >= 0.6 is 11.3 Å². The molecule has 2 amide bonds. The van der Waals surface area contributed by atoms with Gasteiger partial charge in [0.25, 0.3) is 15.9 Å². The fraction of sp³-hybridized carbons (Fsp3) is 0.368. The zero-order chi connectivity index (χ0) is 21.0. The number of hydrogen-bond donors (Lipinski definition) is 1. The van der Waals surface area contributed by atoms with E-state index in [1.54, 1.807) is 48.2 Å². The zero-order valence-corrected chi connectivity index (χ0v) is 17.9. The largest absolute Gasteiger partial charge is 0.450 e. The van der Waals surface area contributed by atoms with Crippen molar-refractivity contribution in [3.05, 3.63) is 46.8 Å². The first-order chi connectivity index (χ1) is 13.8. The van der Waals surface area contributed by atoms with Crippen LogP contribution in [0.25, 0.3) is 0 Å².